The van der Waals surface area contributed by atoms with Crippen LogP contribution in [0.1, 0.15) is 34.6 Å². The Morgan fingerprint density at radius 1 is 1.21 bits per heavy atom. The first-order valence-corrected chi connectivity index (χ1v) is 5.51. The van der Waals surface area contributed by atoms with Crippen molar-refractivity contribution in [1.29, 1.82) is 0 Å². The van der Waals surface area contributed by atoms with Crippen molar-refractivity contribution < 1.29 is 4.79 Å². The highest BCUT2D eigenvalue weighted by atomic mass is 16.1. The minimum Gasteiger partial charge on any atom is -0.342 e. The van der Waals surface area contributed by atoms with Crippen molar-refractivity contribution in [2.24, 2.45) is 0 Å². The summed E-state index contributed by atoms with van der Waals surface area (Å²) in [4.78, 5) is 14.6. The number of likely N-dealkylation sites (N-methyl/N-ethyl adjacent to an activating group) is 1. The first kappa shape index (κ1) is 15.9. The van der Waals surface area contributed by atoms with E-state index in [9.17, 15) is 4.79 Å². The largest absolute Gasteiger partial charge is 0.342 e. The average Bonchev–Trinajstić information content (AvgIpc) is 2.21. The number of carbonyl (C=O) groups excluding carboxylic acids is 1. The molecule has 14 heavy (non-hydrogen) atoms. The summed E-state index contributed by atoms with van der Waals surface area (Å²) in [5.74, 6) is 0. The molecule has 0 rings (SSSR count). The van der Waals surface area contributed by atoms with Crippen LogP contribution in [-0.4, -0.2) is 48.9 Å². The summed E-state index contributed by atoms with van der Waals surface area (Å²) in [6.07, 6.45) is 0.925. The highest BCUT2D eigenvalue weighted by Gasteiger charge is 2.05. The van der Waals surface area contributed by atoms with Crippen LogP contribution in [-0.2, 0) is 4.79 Å². The lowest BCUT2D eigenvalue weighted by molar-refractivity contribution is -0.119. The molecule has 0 fully saturated rings. The third kappa shape index (κ3) is 8.05. The number of carbonyl (C=O) groups is 1. The summed E-state index contributed by atoms with van der Waals surface area (Å²) in [5.41, 5.74) is 0. The summed E-state index contributed by atoms with van der Waals surface area (Å²) in [5, 5.41) is 0. The first-order valence-electron chi connectivity index (χ1n) is 5.51. The number of rotatable bonds is 6. The van der Waals surface area contributed by atoms with Gasteiger partial charge in [0.1, 0.15) is 0 Å². The Kier molecular flexibility index (Phi) is 11.9. The molecule has 0 bridgehead atoms. The molecule has 86 valence electrons. The van der Waals surface area contributed by atoms with Gasteiger partial charge in [-0.15, -0.1) is 0 Å². The molecule has 0 aliphatic rings. The van der Waals surface area contributed by atoms with Crippen LogP contribution < -0.4 is 0 Å². The van der Waals surface area contributed by atoms with E-state index >= 15 is 0 Å². The van der Waals surface area contributed by atoms with Crippen LogP contribution in [0.5, 0.6) is 0 Å². The molecule has 0 aliphatic heterocycles. The molecular weight excluding hydrogens is 176 g/mol. The molecule has 3 nitrogen and oxygen atoms in total. The Balaban J connectivity index is 0. The lowest BCUT2D eigenvalue weighted by Gasteiger charge is -2.24. The Labute approximate surface area is 89.1 Å². The van der Waals surface area contributed by atoms with Gasteiger partial charge in [0, 0.05) is 19.1 Å². The quantitative estimate of drug-likeness (QED) is 0.614. The Hall–Kier alpha value is -0.570. The smallest absolute Gasteiger partial charge is 0.209 e. The van der Waals surface area contributed by atoms with Crippen molar-refractivity contribution in [3.63, 3.8) is 0 Å². The number of nitrogens with zero attached hydrogens (tertiary/aromatic N) is 2. The van der Waals surface area contributed by atoms with E-state index in [0.29, 0.717) is 6.04 Å². The second kappa shape index (κ2) is 10.5. The summed E-state index contributed by atoms with van der Waals surface area (Å²) in [6.45, 7) is 13.0. The lowest BCUT2D eigenvalue weighted by atomic mass is 10.3. The average molecular weight is 202 g/mol. The van der Waals surface area contributed by atoms with E-state index in [0.717, 1.165) is 26.0 Å². The minimum atomic E-state index is 0.313. The van der Waals surface area contributed by atoms with Crippen molar-refractivity contribution >= 4 is 6.41 Å². The number of hydrogen-bond donors (Lipinski definition) is 0. The standard InChI is InChI=1S/C9H20N2O.C2H6/c1-5-10(4)6-7-11(8-12)9(2)3;1-2/h8-9H,5-7H2,1-4H3;1-2H3. The number of amides is 1. The van der Waals surface area contributed by atoms with Crippen molar-refractivity contribution in [3.8, 4) is 0 Å². The highest BCUT2D eigenvalue weighted by molar-refractivity contribution is 5.47. The monoisotopic (exact) mass is 202 g/mol. The van der Waals surface area contributed by atoms with E-state index in [-0.39, 0.29) is 0 Å². The van der Waals surface area contributed by atoms with Gasteiger partial charge in [0.15, 0.2) is 0 Å². The fourth-order valence-corrected chi connectivity index (χ4v) is 0.877. The lowest BCUT2D eigenvalue weighted by Crippen LogP contribution is -2.36. The molecule has 0 saturated carbocycles. The van der Waals surface area contributed by atoms with Crippen molar-refractivity contribution in [1.82, 2.24) is 9.80 Å². The highest BCUT2D eigenvalue weighted by Crippen LogP contribution is 1.93. The van der Waals surface area contributed by atoms with Crippen molar-refractivity contribution in [2.75, 3.05) is 26.7 Å². The normalized spacial score (nSPS) is 9.71. The van der Waals surface area contributed by atoms with Crippen LogP contribution >= 0.6 is 0 Å². The van der Waals surface area contributed by atoms with E-state index in [1.807, 2.05) is 32.6 Å². The van der Waals surface area contributed by atoms with Gasteiger partial charge in [-0.05, 0) is 27.4 Å². The third-order valence-electron chi connectivity index (χ3n) is 2.08. The minimum absolute atomic E-state index is 0.313. The topological polar surface area (TPSA) is 23.6 Å². The molecule has 0 aromatic rings. The third-order valence-corrected chi connectivity index (χ3v) is 2.08. The molecule has 0 N–H and O–H groups in total. The predicted octanol–water partition coefficient (Wildman–Crippen LogP) is 1.83. The van der Waals surface area contributed by atoms with Gasteiger partial charge < -0.3 is 9.80 Å². The fraction of sp³-hybridized carbons (Fsp3) is 0.909. The van der Waals surface area contributed by atoms with Gasteiger partial charge in [-0.1, -0.05) is 20.8 Å². The van der Waals surface area contributed by atoms with Crippen LogP contribution in [0.3, 0.4) is 0 Å². The van der Waals surface area contributed by atoms with Gasteiger partial charge in [0.25, 0.3) is 0 Å². The summed E-state index contributed by atoms with van der Waals surface area (Å²) in [7, 11) is 2.06. The molecule has 1 amide bonds. The maximum absolute atomic E-state index is 10.6. The molecule has 0 aromatic carbocycles. The maximum Gasteiger partial charge on any atom is 0.209 e. The fourth-order valence-electron chi connectivity index (χ4n) is 0.877. The van der Waals surface area contributed by atoms with E-state index < -0.39 is 0 Å². The zero-order chi connectivity index (χ0) is 11.6. The van der Waals surface area contributed by atoms with Gasteiger partial charge in [0.2, 0.25) is 6.41 Å². The summed E-state index contributed by atoms with van der Waals surface area (Å²) >= 11 is 0. The van der Waals surface area contributed by atoms with Gasteiger partial charge in [-0.3, -0.25) is 4.79 Å². The maximum atomic E-state index is 10.6. The molecule has 0 saturated heterocycles. The van der Waals surface area contributed by atoms with Gasteiger partial charge in [0.05, 0.1) is 0 Å². The molecule has 0 aliphatic carbocycles. The van der Waals surface area contributed by atoms with Crippen LogP contribution in [0.4, 0.5) is 0 Å². The molecular formula is C11H26N2O. The molecule has 0 atom stereocenters. The zero-order valence-corrected chi connectivity index (χ0v) is 10.6. The van der Waals surface area contributed by atoms with E-state index in [4.69, 9.17) is 0 Å². The van der Waals surface area contributed by atoms with Gasteiger partial charge in [-0.2, -0.15) is 0 Å². The van der Waals surface area contributed by atoms with Crippen LogP contribution in [0, 0.1) is 0 Å². The van der Waals surface area contributed by atoms with Crippen LogP contribution in [0.2, 0.25) is 0 Å². The Bertz CT molecular complexity index is 126. The second-order valence-corrected chi connectivity index (χ2v) is 3.33. The summed E-state index contributed by atoms with van der Waals surface area (Å²) in [6, 6.07) is 0.313. The molecule has 0 radical (unpaired) electrons. The molecule has 3 heteroatoms. The Morgan fingerprint density at radius 2 is 1.71 bits per heavy atom. The van der Waals surface area contributed by atoms with Crippen molar-refractivity contribution in [2.45, 2.75) is 40.7 Å². The van der Waals surface area contributed by atoms with E-state index in [1.54, 1.807) is 0 Å². The van der Waals surface area contributed by atoms with E-state index in [1.165, 1.54) is 0 Å². The summed E-state index contributed by atoms with van der Waals surface area (Å²) < 4.78 is 0. The molecule has 0 aromatic heterocycles. The first-order chi connectivity index (χ1) is 6.61. The molecule has 0 heterocycles. The zero-order valence-electron chi connectivity index (χ0n) is 10.6. The van der Waals surface area contributed by atoms with Crippen molar-refractivity contribution in [3.05, 3.63) is 0 Å². The molecule has 0 unspecified atom stereocenters. The van der Waals surface area contributed by atoms with E-state index in [2.05, 4.69) is 18.9 Å². The predicted molar refractivity (Wildman–Crippen MR) is 62.4 cm³/mol. The van der Waals surface area contributed by atoms with Gasteiger partial charge in [-0.25, -0.2) is 0 Å². The number of hydrogen-bond acceptors (Lipinski definition) is 2. The Morgan fingerprint density at radius 3 is 2.00 bits per heavy atom. The second-order valence-electron chi connectivity index (χ2n) is 3.33. The molecule has 0 spiro atoms. The van der Waals surface area contributed by atoms with Crippen LogP contribution in [0.25, 0.3) is 0 Å². The van der Waals surface area contributed by atoms with Crippen LogP contribution in [0.15, 0.2) is 0 Å². The van der Waals surface area contributed by atoms with Gasteiger partial charge >= 0.3 is 0 Å². The SMILES string of the molecule is CC.CCN(C)CCN(C=O)C(C)C.